The summed E-state index contributed by atoms with van der Waals surface area (Å²) >= 11 is 0. The maximum absolute atomic E-state index is 12.9. The Labute approximate surface area is 110 Å². The fourth-order valence-corrected chi connectivity index (χ4v) is 3.35. The van der Waals surface area contributed by atoms with Crippen LogP contribution in [-0.2, 0) is 25.1 Å². The first kappa shape index (κ1) is 15.6. The predicted octanol–water partition coefficient (Wildman–Crippen LogP) is 1.69. The van der Waals surface area contributed by atoms with Gasteiger partial charge in [0.1, 0.15) is 11.6 Å². The lowest BCUT2D eigenvalue weighted by Crippen LogP contribution is -2.23. The van der Waals surface area contributed by atoms with Crippen LogP contribution in [0.15, 0.2) is 18.2 Å². The fraction of sp³-hybridized carbons (Fsp3) is 0.417. The van der Waals surface area contributed by atoms with Crippen LogP contribution in [0.1, 0.15) is 12.5 Å². The Balaban J connectivity index is 2.82. The minimum atomic E-state index is -3.66. The first-order valence-electron chi connectivity index (χ1n) is 5.47. The van der Waals surface area contributed by atoms with Crippen molar-refractivity contribution in [2.45, 2.75) is 12.7 Å². The van der Waals surface area contributed by atoms with Gasteiger partial charge >= 0.3 is 5.97 Å². The van der Waals surface area contributed by atoms with Crippen molar-refractivity contribution < 1.29 is 26.7 Å². The Morgan fingerprint density at radius 1 is 1.26 bits per heavy atom. The van der Waals surface area contributed by atoms with Crippen LogP contribution in [-0.4, -0.2) is 27.2 Å². The third-order valence-electron chi connectivity index (χ3n) is 2.42. The molecule has 0 aliphatic carbocycles. The molecule has 1 aromatic rings. The molecule has 0 aliphatic heterocycles. The number of hydrogen-bond donors (Lipinski definition) is 0. The normalized spacial score (nSPS) is 13.1. The highest BCUT2D eigenvalue weighted by molar-refractivity contribution is 7.90. The molecule has 0 saturated heterocycles. The zero-order valence-corrected chi connectivity index (χ0v) is 11.3. The number of halogens is 2. The van der Waals surface area contributed by atoms with Crippen LogP contribution < -0.4 is 0 Å². The van der Waals surface area contributed by atoms with E-state index in [9.17, 15) is 22.0 Å². The average Bonchev–Trinajstić information content (AvgIpc) is 2.24. The smallest absolute Gasteiger partial charge is 0.309 e. The number of hydrogen-bond acceptors (Lipinski definition) is 4. The van der Waals surface area contributed by atoms with Crippen molar-refractivity contribution in [2.24, 2.45) is 5.92 Å². The van der Waals surface area contributed by atoms with Crippen molar-refractivity contribution in [1.82, 2.24) is 0 Å². The first-order chi connectivity index (χ1) is 8.73. The summed E-state index contributed by atoms with van der Waals surface area (Å²) in [5.74, 6) is -4.11. The summed E-state index contributed by atoms with van der Waals surface area (Å²) in [5, 5.41) is 0. The number of rotatable bonds is 5. The molecule has 0 aromatic heterocycles. The van der Waals surface area contributed by atoms with E-state index in [4.69, 9.17) is 0 Å². The zero-order valence-electron chi connectivity index (χ0n) is 10.5. The Bertz CT molecular complexity index is 549. The third-order valence-corrected chi connectivity index (χ3v) is 4.20. The van der Waals surface area contributed by atoms with E-state index in [-0.39, 0.29) is 5.56 Å². The Morgan fingerprint density at radius 2 is 1.79 bits per heavy atom. The standard InChI is InChI=1S/C12H14F2O4S/c1-8(12(15)18-2)6-19(16,17)7-9-3-10(13)5-11(14)4-9/h3-5,8H,6-7H2,1-2H3. The lowest BCUT2D eigenvalue weighted by atomic mass is 10.2. The van der Waals surface area contributed by atoms with Gasteiger partial charge in [-0.05, 0) is 17.7 Å². The van der Waals surface area contributed by atoms with E-state index in [2.05, 4.69) is 4.74 Å². The summed E-state index contributed by atoms with van der Waals surface area (Å²) in [6.07, 6.45) is 0. The molecule has 106 valence electrons. The van der Waals surface area contributed by atoms with Crippen molar-refractivity contribution >= 4 is 15.8 Å². The van der Waals surface area contributed by atoms with Crippen molar-refractivity contribution in [3.05, 3.63) is 35.4 Å². The van der Waals surface area contributed by atoms with Gasteiger partial charge in [-0.3, -0.25) is 4.79 Å². The number of methoxy groups -OCH3 is 1. The number of esters is 1. The van der Waals surface area contributed by atoms with Crippen LogP contribution >= 0.6 is 0 Å². The third kappa shape index (κ3) is 4.94. The molecule has 1 atom stereocenters. The quantitative estimate of drug-likeness (QED) is 0.775. The van der Waals surface area contributed by atoms with E-state index < -0.39 is 44.9 Å². The van der Waals surface area contributed by atoms with Gasteiger partial charge in [-0.25, -0.2) is 17.2 Å². The highest BCUT2D eigenvalue weighted by atomic mass is 32.2. The van der Waals surface area contributed by atoms with Gasteiger partial charge in [0.05, 0.1) is 24.5 Å². The number of carbonyl (C=O) groups is 1. The van der Waals surface area contributed by atoms with Gasteiger partial charge in [0, 0.05) is 6.07 Å². The highest BCUT2D eigenvalue weighted by Crippen LogP contribution is 2.14. The number of sulfone groups is 1. The molecule has 19 heavy (non-hydrogen) atoms. The molecular weight excluding hydrogens is 278 g/mol. The lowest BCUT2D eigenvalue weighted by molar-refractivity contribution is -0.144. The number of ether oxygens (including phenoxy) is 1. The van der Waals surface area contributed by atoms with E-state index in [1.54, 1.807) is 0 Å². The van der Waals surface area contributed by atoms with Gasteiger partial charge in [-0.2, -0.15) is 0 Å². The minimum Gasteiger partial charge on any atom is -0.469 e. The Morgan fingerprint density at radius 3 is 2.26 bits per heavy atom. The molecular formula is C12H14F2O4S. The minimum absolute atomic E-state index is 0.00886. The predicted molar refractivity (Wildman–Crippen MR) is 65.0 cm³/mol. The monoisotopic (exact) mass is 292 g/mol. The highest BCUT2D eigenvalue weighted by Gasteiger charge is 2.22. The summed E-state index contributed by atoms with van der Waals surface area (Å²) in [7, 11) is -2.50. The second kappa shape index (κ2) is 6.10. The van der Waals surface area contributed by atoms with E-state index >= 15 is 0 Å². The van der Waals surface area contributed by atoms with Crippen molar-refractivity contribution in [1.29, 1.82) is 0 Å². The number of benzene rings is 1. The topological polar surface area (TPSA) is 60.4 Å². The molecule has 0 fully saturated rings. The summed E-state index contributed by atoms with van der Waals surface area (Å²) in [6.45, 7) is 1.41. The van der Waals surface area contributed by atoms with Gasteiger partial charge in [0.25, 0.3) is 0 Å². The van der Waals surface area contributed by atoms with Gasteiger partial charge in [0.15, 0.2) is 9.84 Å². The molecule has 0 bridgehead atoms. The van der Waals surface area contributed by atoms with Gasteiger partial charge < -0.3 is 4.74 Å². The Hall–Kier alpha value is -1.50. The molecule has 0 radical (unpaired) electrons. The largest absolute Gasteiger partial charge is 0.469 e. The van der Waals surface area contributed by atoms with Crippen LogP contribution in [0.25, 0.3) is 0 Å². The SMILES string of the molecule is COC(=O)C(C)CS(=O)(=O)Cc1cc(F)cc(F)c1. The lowest BCUT2D eigenvalue weighted by Gasteiger charge is -2.10. The van der Waals surface area contributed by atoms with Crippen LogP contribution in [0.2, 0.25) is 0 Å². The molecule has 0 saturated carbocycles. The van der Waals surface area contributed by atoms with Crippen LogP contribution in [0.3, 0.4) is 0 Å². The molecule has 1 rings (SSSR count). The molecule has 1 aromatic carbocycles. The molecule has 1 unspecified atom stereocenters. The molecule has 0 heterocycles. The van der Waals surface area contributed by atoms with Gasteiger partial charge in [0.2, 0.25) is 0 Å². The summed E-state index contributed by atoms with van der Waals surface area (Å²) in [6, 6.07) is 2.56. The molecule has 4 nitrogen and oxygen atoms in total. The Kier molecular flexibility index (Phi) is 4.99. The zero-order chi connectivity index (χ0) is 14.6. The van der Waals surface area contributed by atoms with Gasteiger partial charge in [-0.15, -0.1) is 0 Å². The van der Waals surface area contributed by atoms with Crippen molar-refractivity contribution in [2.75, 3.05) is 12.9 Å². The number of carbonyl (C=O) groups excluding carboxylic acids is 1. The van der Waals surface area contributed by atoms with Crippen LogP contribution in [0.4, 0.5) is 8.78 Å². The first-order valence-corrected chi connectivity index (χ1v) is 7.29. The van der Waals surface area contributed by atoms with E-state index in [0.29, 0.717) is 6.07 Å². The molecule has 0 N–H and O–H groups in total. The second-order valence-corrected chi connectivity index (χ2v) is 6.37. The summed E-state index contributed by atoms with van der Waals surface area (Å²) < 4.78 is 53.9. The summed E-state index contributed by atoms with van der Waals surface area (Å²) in [4.78, 5) is 11.1. The average molecular weight is 292 g/mol. The van der Waals surface area contributed by atoms with Gasteiger partial charge in [-0.1, -0.05) is 6.92 Å². The fourth-order valence-electron chi connectivity index (χ4n) is 1.66. The molecule has 0 spiro atoms. The van der Waals surface area contributed by atoms with Crippen molar-refractivity contribution in [3.63, 3.8) is 0 Å². The van der Waals surface area contributed by atoms with E-state index in [1.807, 2.05) is 0 Å². The van der Waals surface area contributed by atoms with Crippen molar-refractivity contribution in [3.8, 4) is 0 Å². The van der Waals surface area contributed by atoms with E-state index in [0.717, 1.165) is 19.2 Å². The molecule has 0 aliphatic rings. The molecule has 7 heteroatoms. The van der Waals surface area contributed by atoms with Crippen LogP contribution in [0.5, 0.6) is 0 Å². The second-order valence-electron chi connectivity index (χ2n) is 4.26. The summed E-state index contributed by atoms with van der Waals surface area (Å²) in [5.41, 5.74) is 0.00886. The maximum atomic E-state index is 12.9. The van der Waals surface area contributed by atoms with Crippen LogP contribution in [0, 0.1) is 17.6 Å². The maximum Gasteiger partial charge on any atom is 0.309 e. The van der Waals surface area contributed by atoms with E-state index in [1.165, 1.54) is 6.92 Å². The molecule has 0 amide bonds.